The number of benzene rings is 1. The van der Waals surface area contributed by atoms with Gasteiger partial charge in [0.1, 0.15) is 0 Å². The molecule has 0 saturated heterocycles. The van der Waals surface area contributed by atoms with E-state index in [1.54, 1.807) is 24.3 Å². The number of carbonyl (C=O) groups is 1. The molecule has 2 aromatic rings. The van der Waals surface area contributed by atoms with E-state index < -0.39 is 0 Å². The smallest absolute Gasteiger partial charge is 0.287 e. The second kappa shape index (κ2) is 5.90. The Hall–Kier alpha value is -1.45. The molecule has 0 aliphatic rings. The lowest BCUT2D eigenvalue weighted by Gasteiger charge is -2.26. The highest BCUT2D eigenvalue weighted by Crippen LogP contribution is 2.31. The highest BCUT2D eigenvalue weighted by Gasteiger charge is 2.24. The van der Waals surface area contributed by atoms with E-state index in [0.29, 0.717) is 22.4 Å². The van der Waals surface area contributed by atoms with Gasteiger partial charge in [0.15, 0.2) is 5.76 Å². The maximum absolute atomic E-state index is 11.9. The summed E-state index contributed by atoms with van der Waals surface area (Å²) in [5.41, 5.74) is 0.618. The van der Waals surface area contributed by atoms with Crippen molar-refractivity contribution in [2.45, 2.75) is 19.3 Å². The van der Waals surface area contributed by atoms with E-state index in [1.807, 2.05) is 19.9 Å². The first-order valence-corrected chi connectivity index (χ1v) is 6.93. The van der Waals surface area contributed by atoms with Gasteiger partial charge < -0.3 is 9.73 Å². The number of carbonyl (C=O) groups excluding carboxylic acids is 1. The predicted octanol–water partition coefficient (Wildman–Crippen LogP) is 4.29. The molecular weight excluding hydrogens is 297 g/mol. The van der Waals surface area contributed by atoms with Crippen molar-refractivity contribution in [1.29, 1.82) is 0 Å². The number of hydrogen-bond donors (Lipinski definition) is 1. The highest BCUT2D eigenvalue weighted by atomic mass is 35.5. The van der Waals surface area contributed by atoms with E-state index in [2.05, 4.69) is 5.32 Å². The van der Waals surface area contributed by atoms with Crippen molar-refractivity contribution >= 4 is 29.1 Å². The van der Waals surface area contributed by atoms with Gasteiger partial charge in [0.05, 0.1) is 6.26 Å². The van der Waals surface area contributed by atoms with Crippen molar-refractivity contribution in [3.63, 3.8) is 0 Å². The predicted molar refractivity (Wildman–Crippen MR) is 80.5 cm³/mol. The van der Waals surface area contributed by atoms with E-state index in [4.69, 9.17) is 27.6 Å². The first-order valence-electron chi connectivity index (χ1n) is 6.17. The molecule has 1 aromatic carbocycles. The van der Waals surface area contributed by atoms with Gasteiger partial charge in [0.25, 0.3) is 5.91 Å². The van der Waals surface area contributed by atoms with Gasteiger partial charge in [0, 0.05) is 22.0 Å². The molecule has 3 nitrogen and oxygen atoms in total. The molecule has 1 amide bonds. The molecule has 0 fully saturated rings. The Bertz CT molecular complexity index is 606. The van der Waals surface area contributed by atoms with Gasteiger partial charge in [-0.25, -0.2) is 0 Å². The molecule has 20 heavy (non-hydrogen) atoms. The van der Waals surface area contributed by atoms with Crippen LogP contribution in [0.5, 0.6) is 0 Å². The average molecular weight is 312 g/mol. The van der Waals surface area contributed by atoms with E-state index >= 15 is 0 Å². The van der Waals surface area contributed by atoms with Gasteiger partial charge in [-0.3, -0.25) is 4.79 Å². The number of furan rings is 1. The standard InChI is InChI=1S/C15H15Cl2NO2/c1-15(2,11-6-5-10(16)8-12(11)17)9-18-14(19)13-4-3-7-20-13/h3-8H,9H2,1-2H3,(H,18,19). The summed E-state index contributed by atoms with van der Waals surface area (Å²) in [5.74, 6) is 0.0520. The lowest BCUT2D eigenvalue weighted by atomic mass is 9.84. The van der Waals surface area contributed by atoms with Crippen LogP contribution < -0.4 is 5.32 Å². The third kappa shape index (κ3) is 3.35. The molecule has 0 radical (unpaired) electrons. The maximum atomic E-state index is 11.9. The summed E-state index contributed by atoms with van der Waals surface area (Å²) in [6.45, 7) is 4.45. The van der Waals surface area contributed by atoms with Gasteiger partial charge >= 0.3 is 0 Å². The van der Waals surface area contributed by atoms with Crippen LogP contribution in [-0.2, 0) is 5.41 Å². The topological polar surface area (TPSA) is 42.2 Å². The SMILES string of the molecule is CC(C)(CNC(=O)c1ccco1)c1ccc(Cl)cc1Cl. The van der Waals surface area contributed by atoms with Crippen molar-refractivity contribution in [3.8, 4) is 0 Å². The first-order chi connectivity index (χ1) is 9.40. The van der Waals surface area contributed by atoms with Crippen molar-refractivity contribution in [1.82, 2.24) is 5.32 Å². The van der Waals surface area contributed by atoms with Crippen LogP contribution in [-0.4, -0.2) is 12.5 Å². The minimum Gasteiger partial charge on any atom is -0.459 e. The Balaban J connectivity index is 2.09. The molecule has 1 N–H and O–H groups in total. The van der Waals surface area contributed by atoms with Crippen molar-refractivity contribution < 1.29 is 9.21 Å². The summed E-state index contributed by atoms with van der Waals surface area (Å²) >= 11 is 12.1. The van der Waals surface area contributed by atoms with Crippen molar-refractivity contribution in [2.75, 3.05) is 6.54 Å². The van der Waals surface area contributed by atoms with Crippen LogP contribution in [0.1, 0.15) is 30.0 Å². The van der Waals surface area contributed by atoms with Crippen LogP contribution in [0, 0.1) is 0 Å². The van der Waals surface area contributed by atoms with Crippen LogP contribution in [0.4, 0.5) is 0 Å². The van der Waals surface area contributed by atoms with Gasteiger partial charge in [-0.15, -0.1) is 0 Å². The van der Waals surface area contributed by atoms with E-state index in [0.717, 1.165) is 5.56 Å². The summed E-state index contributed by atoms with van der Waals surface area (Å²) in [7, 11) is 0. The minimum atomic E-state index is -0.316. The summed E-state index contributed by atoms with van der Waals surface area (Å²) < 4.78 is 5.05. The fraction of sp³-hybridized carbons (Fsp3) is 0.267. The molecule has 0 aliphatic heterocycles. The maximum Gasteiger partial charge on any atom is 0.287 e. The summed E-state index contributed by atoms with van der Waals surface area (Å²) in [6.07, 6.45) is 1.47. The van der Waals surface area contributed by atoms with Crippen LogP contribution in [0.15, 0.2) is 41.0 Å². The molecule has 0 atom stereocenters. The Morgan fingerprint density at radius 2 is 2.05 bits per heavy atom. The van der Waals surface area contributed by atoms with Crippen molar-refractivity contribution in [2.24, 2.45) is 0 Å². The molecule has 0 aliphatic carbocycles. The first kappa shape index (κ1) is 14.9. The normalized spacial score (nSPS) is 11.4. The minimum absolute atomic E-state index is 0.242. The second-order valence-corrected chi connectivity index (χ2v) is 6.01. The van der Waals surface area contributed by atoms with Gasteiger partial charge in [0.2, 0.25) is 0 Å². The summed E-state index contributed by atoms with van der Waals surface area (Å²) in [6, 6.07) is 8.67. The Morgan fingerprint density at radius 1 is 1.30 bits per heavy atom. The van der Waals surface area contributed by atoms with Crippen LogP contribution in [0.25, 0.3) is 0 Å². The van der Waals surface area contributed by atoms with Gasteiger partial charge in [-0.2, -0.15) is 0 Å². The number of halogens is 2. The summed E-state index contributed by atoms with van der Waals surface area (Å²) in [5, 5.41) is 4.03. The molecule has 0 saturated carbocycles. The monoisotopic (exact) mass is 311 g/mol. The van der Waals surface area contributed by atoms with E-state index in [-0.39, 0.29) is 11.3 Å². The van der Waals surface area contributed by atoms with Gasteiger partial charge in [-0.05, 0) is 29.8 Å². The fourth-order valence-corrected chi connectivity index (χ4v) is 2.59. The third-order valence-electron chi connectivity index (χ3n) is 3.10. The second-order valence-electron chi connectivity index (χ2n) is 5.17. The number of rotatable bonds is 4. The number of amides is 1. The molecule has 106 valence electrons. The lowest BCUT2D eigenvalue weighted by Crippen LogP contribution is -2.36. The average Bonchev–Trinajstić information content (AvgIpc) is 2.89. The molecule has 0 bridgehead atoms. The zero-order valence-electron chi connectivity index (χ0n) is 11.2. The van der Waals surface area contributed by atoms with E-state index in [9.17, 15) is 4.79 Å². The van der Waals surface area contributed by atoms with E-state index in [1.165, 1.54) is 6.26 Å². The molecule has 2 rings (SSSR count). The fourth-order valence-electron chi connectivity index (χ4n) is 1.93. The van der Waals surface area contributed by atoms with Crippen molar-refractivity contribution in [3.05, 3.63) is 58.0 Å². The zero-order valence-corrected chi connectivity index (χ0v) is 12.8. The van der Waals surface area contributed by atoms with Gasteiger partial charge in [-0.1, -0.05) is 43.1 Å². The Labute approximate surface area is 127 Å². The quantitative estimate of drug-likeness (QED) is 0.915. The molecule has 1 heterocycles. The largest absolute Gasteiger partial charge is 0.459 e. The van der Waals surface area contributed by atoms with Crippen LogP contribution >= 0.6 is 23.2 Å². The molecule has 5 heteroatoms. The van der Waals surface area contributed by atoms with Crippen LogP contribution in [0.2, 0.25) is 10.0 Å². The Kier molecular flexibility index (Phi) is 4.41. The number of nitrogens with one attached hydrogen (secondary N) is 1. The molecule has 0 spiro atoms. The number of hydrogen-bond acceptors (Lipinski definition) is 2. The third-order valence-corrected chi connectivity index (χ3v) is 3.64. The summed E-state index contributed by atoms with van der Waals surface area (Å²) in [4.78, 5) is 11.9. The molecular formula is C15H15Cl2NO2. The highest BCUT2D eigenvalue weighted by molar-refractivity contribution is 6.35. The molecule has 0 unspecified atom stereocenters. The Morgan fingerprint density at radius 3 is 2.65 bits per heavy atom. The zero-order chi connectivity index (χ0) is 14.8. The van der Waals surface area contributed by atoms with Crippen LogP contribution in [0.3, 0.4) is 0 Å². The lowest BCUT2D eigenvalue weighted by molar-refractivity contribution is 0.0918. The molecule has 1 aromatic heterocycles.